The van der Waals surface area contributed by atoms with Crippen molar-refractivity contribution in [3.63, 3.8) is 0 Å². The maximum atomic E-state index is 12.7. The number of piperazine rings is 1. The Labute approximate surface area is 201 Å². The van der Waals surface area contributed by atoms with Crippen LogP contribution < -0.4 is 4.90 Å². The smallest absolute Gasteiger partial charge is 0.254 e. The van der Waals surface area contributed by atoms with Crippen LogP contribution in [0.1, 0.15) is 26.3 Å². The average Bonchev–Trinajstić information content (AvgIpc) is 3.51. The molecule has 0 spiro atoms. The predicted molar refractivity (Wildman–Crippen MR) is 127 cm³/mol. The quantitative estimate of drug-likeness (QED) is 0.473. The monoisotopic (exact) mass is 472 g/mol. The summed E-state index contributed by atoms with van der Waals surface area (Å²) in [6, 6.07) is 5.33. The molecule has 1 N–H and O–H groups in total. The molecule has 1 unspecified atom stereocenters. The standard InChI is InChI=1S/C24H24N8O3/c1-15-11-30(6-7-31(15)23(33)24(2,3)34)21-20-17(18-10-26-14-35-18)12-32(22(20)29-13-28-21)19-8-16(9-25)4-5-27-19/h4-5,8,10,12-15,34H,6-7,11H2,1-3H3. The fourth-order valence-corrected chi connectivity index (χ4v) is 4.42. The van der Waals surface area contributed by atoms with Crippen LogP contribution in [-0.4, -0.2) is 71.7 Å². The third-order valence-electron chi connectivity index (χ3n) is 6.09. The van der Waals surface area contributed by atoms with E-state index in [9.17, 15) is 15.2 Å². The summed E-state index contributed by atoms with van der Waals surface area (Å²) in [6.07, 6.45) is 7.91. The van der Waals surface area contributed by atoms with Crippen molar-refractivity contribution in [3.05, 3.63) is 49.0 Å². The molecule has 1 saturated heterocycles. The van der Waals surface area contributed by atoms with E-state index in [1.807, 2.05) is 13.1 Å². The summed E-state index contributed by atoms with van der Waals surface area (Å²) in [4.78, 5) is 34.1. The number of nitrogens with zero attached hydrogens (tertiary/aromatic N) is 8. The van der Waals surface area contributed by atoms with Crippen LogP contribution in [0.5, 0.6) is 0 Å². The van der Waals surface area contributed by atoms with Crippen LogP contribution in [-0.2, 0) is 4.79 Å². The molecule has 1 aliphatic heterocycles. The molecule has 11 heteroatoms. The Kier molecular flexibility index (Phi) is 5.45. The van der Waals surface area contributed by atoms with E-state index in [0.717, 1.165) is 10.9 Å². The van der Waals surface area contributed by atoms with Crippen molar-refractivity contribution < 1.29 is 14.3 Å². The van der Waals surface area contributed by atoms with Crippen LogP contribution in [0.25, 0.3) is 28.2 Å². The van der Waals surface area contributed by atoms with Crippen molar-refractivity contribution in [2.24, 2.45) is 0 Å². The minimum atomic E-state index is -1.43. The van der Waals surface area contributed by atoms with Crippen LogP contribution in [0.4, 0.5) is 5.82 Å². The van der Waals surface area contributed by atoms with E-state index in [2.05, 4.69) is 30.9 Å². The Morgan fingerprint density at radius 2 is 2.11 bits per heavy atom. The largest absolute Gasteiger partial charge is 0.443 e. The summed E-state index contributed by atoms with van der Waals surface area (Å²) in [5.74, 6) is 1.48. The second-order valence-electron chi connectivity index (χ2n) is 9.04. The lowest BCUT2D eigenvalue weighted by Gasteiger charge is -2.42. The summed E-state index contributed by atoms with van der Waals surface area (Å²) in [5, 5.41) is 20.3. The molecule has 1 fully saturated rings. The third kappa shape index (κ3) is 3.98. The zero-order valence-corrected chi connectivity index (χ0v) is 19.6. The van der Waals surface area contributed by atoms with E-state index < -0.39 is 5.60 Å². The first-order valence-electron chi connectivity index (χ1n) is 11.2. The highest BCUT2D eigenvalue weighted by Crippen LogP contribution is 2.37. The molecule has 11 nitrogen and oxygen atoms in total. The molecular formula is C24H24N8O3. The number of anilines is 1. The number of pyridine rings is 1. The van der Waals surface area contributed by atoms with Gasteiger partial charge in [0.2, 0.25) is 0 Å². The molecule has 35 heavy (non-hydrogen) atoms. The number of carbonyl (C=O) groups excluding carboxylic acids is 1. The van der Waals surface area contributed by atoms with Crippen molar-refractivity contribution in [2.75, 3.05) is 24.5 Å². The SMILES string of the molecule is CC1CN(c2ncnc3c2c(-c2cnco2)cn3-c2cc(C#N)ccn2)CCN1C(=O)C(C)(C)O. The molecule has 1 amide bonds. The summed E-state index contributed by atoms with van der Waals surface area (Å²) >= 11 is 0. The van der Waals surface area contributed by atoms with Crippen molar-refractivity contribution in [2.45, 2.75) is 32.4 Å². The third-order valence-corrected chi connectivity index (χ3v) is 6.09. The first kappa shape index (κ1) is 22.5. The van der Waals surface area contributed by atoms with E-state index in [4.69, 9.17) is 4.42 Å². The summed E-state index contributed by atoms with van der Waals surface area (Å²) in [7, 11) is 0. The van der Waals surface area contributed by atoms with Gasteiger partial charge in [0.15, 0.2) is 17.8 Å². The molecule has 5 heterocycles. The second kappa shape index (κ2) is 8.48. The maximum Gasteiger partial charge on any atom is 0.254 e. The summed E-state index contributed by atoms with van der Waals surface area (Å²) in [5.41, 5.74) is 0.389. The van der Waals surface area contributed by atoms with Gasteiger partial charge in [-0.1, -0.05) is 0 Å². The molecule has 178 valence electrons. The van der Waals surface area contributed by atoms with Gasteiger partial charge in [-0.3, -0.25) is 9.36 Å². The number of nitriles is 1. The lowest BCUT2D eigenvalue weighted by molar-refractivity contribution is -0.150. The van der Waals surface area contributed by atoms with Crippen LogP contribution >= 0.6 is 0 Å². The molecule has 4 aromatic heterocycles. The van der Waals surface area contributed by atoms with Crippen LogP contribution in [0.15, 0.2) is 47.9 Å². The normalized spacial score (nSPS) is 16.5. The number of oxazole rings is 1. The number of amides is 1. The number of hydrogen-bond donors (Lipinski definition) is 1. The molecule has 0 bridgehead atoms. The second-order valence-corrected chi connectivity index (χ2v) is 9.04. The zero-order valence-electron chi connectivity index (χ0n) is 19.6. The molecule has 0 radical (unpaired) electrons. The Hall–Kier alpha value is -4.30. The van der Waals surface area contributed by atoms with E-state index in [-0.39, 0.29) is 11.9 Å². The molecule has 4 aromatic rings. The Balaban J connectivity index is 1.61. The van der Waals surface area contributed by atoms with Gasteiger partial charge in [-0.25, -0.2) is 19.9 Å². The van der Waals surface area contributed by atoms with Crippen LogP contribution in [0.2, 0.25) is 0 Å². The molecule has 1 aliphatic rings. The number of carbonyl (C=O) groups is 1. The topological polar surface area (TPSA) is 137 Å². The molecule has 0 saturated carbocycles. The number of aromatic nitrogens is 5. The van der Waals surface area contributed by atoms with Gasteiger partial charge in [0.05, 0.1) is 28.8 Å². The first-order chi connectivity index (χ1) is 16.8. The number of aliphatic hydroxyl groups is 1. The molecule has 0 aromatic carbocycles. The van der Waals surface area contributed by atoms with E-state index in [1.54, 1.807) is 34.0 Å². The van der Waals surface area contributed by atoms with Crippen molar-refractivity contribution in [3.8, 4) is 23.2 Å². The van der Waals surface area contributed by atoms with Gasteiger partial charge < -0.3 is 19.3 Å². The summed E-state index contributed by atoms with van der Waals surface area (Å²) < 4.78 is 7.42. The van der Waals surface area contributed by atoms with Gasteiger partial charge in [0.25, 0.3) is 5.91 Å². The summed E-state index contributed by atoms with van der Waals surface area (Å²) in [6.45, 7) is 6.46. The van der Waals surface area contributed by atoms with Crippen molar-refractivity contribution in [1.29, 1.82) is 5.26 Å². The first-order valence-corrected chi connectivity index (χ1v) is 11.2. The minimum Gasteiger partial charge on any atom is -0.443 e. The fraction of sp³-hybridized carbons (Fsp3) is 0.333. The Morgan fingerprint density at radius 3 is 2.80 bits per heavy atom. The Morgan fingerprint density at radius 1 is 1.29 bits per heavy atom. The number of fused-ring (bicyclic) bond motifs is 1. The zero-order chi connectivity index (χ0) is 24.7. The molecular weight excluding hydrogens is 448 g/mol. The highest BCUT2D eigenvalue weighted by atomic mass is 16.3. The maximum absolute atomic E-state index is 12.7. The number of hydrogen-bond acceptors (Lipinski definition) is 9. The van der Waals surface area contributed by atoms with Gasteiger partial charge in [-0.05, 0) is 32.9 Å². The molecule has 1 atom stereocenters. The van der Waals surface area contributed by atoms with Crippen LogP contribution in [0, 0.1) is 11.3 Å². The lowest BCUT2D eigenvalue weighted by atomic mass is 10.0. The Bertz CT molecular complexity index is 1430. The van der Waals surface area contributed by atoms with Crippen molar-refractivity contribution in [1.82, 2.24) is 29.4 Å². The van der Waals surface area contributed by atoms with Gasteiger partial charge in [0.1, 0.15) is 23.6 Å². The minimum absolute atomic E-state index is 0.141. The van der Waals surface area contributed by atoms with Gasteiger partial charge in [-0.15, -0.1) is 0 Å². The lowest BCUT2D eigenvalue weighted by Crippen LogP contribution is -2.58. The highest BCUT2D eigenvalue weighted by molar-refractivity contribution is 6.01. The van der Waals surface area contributed by atoms with Gasteiger partial charge in [-0.2, -0.15) is 5.26 Å². The van der Waals surface area contributed by atoms with E-state index in [1.165, 1.54) is 26.6 Å². The van der Waals surface area contributed by atoms with Crippen molar-refractivity contribution >= 4 is 22.8 Å². The van der Waals surface area contributed by atoms with E-state index >= 15 is 0 Å². The average molecular weight is 473 g/mol. The number of rotatable bonds is 4. The van der Waals surface area contributed by atoms with E-state index in [0.29, 0.717) is 48.2 Å². The predicted octanol–water partition coefficient (Wildman–Crippen LogP) is 2.15. The molecule has 0 aliphatic carbocycles. The highest BCUT2D eigenvalue weighted by Gasteiger charge is 2.36. The van der Waals surface area contributed by atoms with Gasteiger partial charge in [0, 0.05) is 38.1 Å². The van der Waals surface area contributed by atoms with Crippen LogP contribution in [0.3, 0.4) is 0 Å². The molecule has 5 rings (SSSR count). The fourth-order valence-electron chi connectivity index (χ4n) is 4.42. The van der Waals surface area contributed by atoms with Gasteiger partial charge >= 0.3 is 0 Å².